The maximum absolute atomic E-state index is 17.8. The van der Waals surface area contributed by atoms with Gasteiger partial charge in [0, 0.05) is 48.5 Å². The highest BCUT2D eigenvalue weighted by Crippen LogP contribution is 2.60. The highest BCUT2D eigenvalue weighted by atomic mass is 19.1. The second kappa shape index (κ2) is 16.2. The van der Waals surface area contributed by atoms with Crippen LogP contribution in [0.1, 0.15) is 82.1 Å². The number of H-pyrrole nitrogens is 1. The van der Waals surface area contributed by atoms with Crippen molar-refractivity contribution in [1.82, 2.24) is 19.5 Å². The Morgan fingerprint density at radius 2 is 1.49 bits per heavy atom. The van der Waals surface area contributed by atoms with Crippen molar-refractivity contribution in [2.75, 3.05) is 17.7 Å². The topological polar surface area (TPSA) is 227 Å². The average Bonchev–Trinajstić information content (AvgIpc) is 3.39. The molecule has 1 fully saturated rings. The number of alkyl halides is 1. The van der Waals surface area contributed by atoms with E-state index in [0.717, 1.165) is 59.3 Å². The van der Waals surface area contributed by atoms with Crippen molar-refractivity contribution in [3.63, 3.8) is 0 Å². The number of benzene rings is 3. The summed E-state index contributed by atoms with van der Waals surface area (Å²) in [6.45, 7) is 3.86. The third-order valence-electron chi connectivity index (χ3n) is 9.48. The Morgan fingerprint density at radius 1 is 0.881 bits per heavy atom. The number of rotatable bonds is 10. The molecule has 3 heterocycles. The van der Waals surface area contributed by atoms with Crippen LogP contribution in [0, 0.1) is 5.82 Å². The second-order valence-corrected chi connectivity index (χ2v) is 13.4. The Hall–Kier alpha value is -7.41. The number of aromatic nitrogens is 4. The number of hydrogen-bond acceptors (Lipinski definition) is 13. The lowest BCUT2D eigenvalue weighted by atomic mass is 9.77. The maximum Gasteiger partial charge on any atom is 0.354 e. The van der Waals surface area contributed by atoms with Gasteiger partial charge in [0.15, 0.2) is 22.8 Å². The number of ether oxygens (including phenoxy) is 4. The smallest absolute Gasteiger partial charge is 0.354 e. The van der Waals surface area contributed by atoms with E-state index in [1.165, 1.54) is 24.3 Å². The number of carbonyl (C=O) groups is 5. The summed E-state index contributed by atoms with van der Waals surface area (Å²) in [5.41, 5.74) is -9.49. The normalized spacial score (nSPS) is 19.6. The largest absolute Gasteiger partial charge is 0.465 e. The minimum atomic E-state index is -2.90. The van der Waals surface area contributed by atoms with E-state index in [1.54, 1.807) is 36.4 Å². The van der Waals surface area contributed by atoms with E-state index in [0.29, 0.717) is 4.57 Å². The van der Waals surface area contributed by atoms with Gasteiger partial charge in [-0.25, -0.2) is 28.1 Å². The summed E-state index contributed by atoms with van der Waals surface area (Å²) in [6, 6.07) is 17.7. The summed E-state index contributed by atoms with van der Waals surface area (Å²) in [4.78, 5) is 100. The van der Waals surface area contributed by atoms with Gasteiger partial charge in [0.1, 0.15) is 23.8 Å². The minimum Gasteiger partial charge on any atom is -0.465 e. The van der Waals surface area contributed by atoms with Gasteiger partial charge < -0.3 is 29.6 Å². The zero-order chi connectivity index (χ0) is 42.8. The van der Waals surface area contributed by atoms with Gasteiger partial charge in [0.05, 0.1) is 18.4 Å². The summed E-state index contributed by atoms with van der Waals surface area (Å²) < 4.78 is 57.5. The second-order valence-electron chi connectivity index (χ2n) is 13.4. The number of anilines is 2. The molecule has 1 aliphatic rings. The Balaban J connectivity index is 1.52. The lowest BCUT2D eigenvalue weighted by Gasteiger charge is -2.38. The first kappa shape index (κ1) is 41.2. The number of nitrogens with zero attached hydrogens (tertiary/aromatic N) is 3. The van der Waals surface area contributed by atoms with Crippen molar-refractivity contribution in [1.29, 1.82) is 0 Å². The molecule has 0 bridgehead atoms. The fourth-order valence-corrected chi connectivity index (χ4v) is 6.58. The Labute approximate surface area is 332 Å². The van der Waals surface area contributed by atoms with Gasteiger partial charge in [-0.05, 0) is 50.2 Å². The van der Waals surface area contributed by atoms with E-state index < -0.39 is 93.0 Å². The number of aromatic amines is 1. The molecule has 5 aromatic rings. The van der Waals surface area contributed by atoms with Crippen molar-refractivity contribution in [3.8, 4) is 11.4 Å². The molecule has 0 radical (unpaired) electrons. The standard InChI is InChI=1S/C40H34F2N6O11/c1-20(49)57-30-28(24(36(53)56-5)18-26(29(30)41)48-17-16-27(45-38(48)55)44-34(51)22-12-8-6-9-13-22)32-40(4,59-21(2)50)39(3,42)31(58-32)25-19-43-37(54)47-33(25)46-35(52)23-14-10-7-11-15-23/h6-19,31-32H,1-5H3,(H,44,45,51,55)(H2,43,46,47,52,54)/t31-,32+,39+,40+/m0/s1. The van der Waals surface area contributed by atoms with Gasteiger partial charge in [-0.15, -0.1) is 0 Å². The van der Waals surface area contributed by atoms with Gasteiger partial charge in [-0.2, -0.15) is 4.98 Å². The van der Waals surface area contributed by atoms with E-state index in [4.69, 9.17) is 18.9 Å². The SMILES string of the molecule is COC(=O)c1cc(-n2ccc(NC(=O)c3ccccc3)nc2=O)c(F)c(OC(C)=O)c1[C@H]1O[C@@H](c2cnc(=O)[nH]c2NC(=O)c2ccccc2)[C@@](C)(F)[C@]1(C)OC(C)=O. The number of esters is 3. The number of nitrogens with one attached hydrogen (secondary N) is 3. The number of methoxy groups -OCH3 is 1. The fourth-order valence-electron chi connectivity index (χ4n) is 6.58. The first-order valence-electron chi connectivity index (χ1n) is 17.6. The molecule has 304 valence electrons. The molecule has 0 saturated carbocycles. The summed E-state index contributed by atoms with van der Waals surface area (Å²) in [7, 11) is 0.953. The Bertz CT molecular complexity index is 2620. The zero-order valence-electron chi connectivity index (χ0n) is 31.8. The molecule has 0 spiro atoms. The summed E-state index contributed by atoms with van der Waals surface area (Å²) >= 11 is 0. The van der Waals surface area contributed by atoms with Crippen LogP contribution in [0.15, 0.2) is 94.8 Å². The predicted molar refractivity (Wildman–Crippen MR) is 202 cm³/mol. The first-order chi connectivity index (χ1) is 28.0. The third-order valence-corrected chi connectivity index (χ3v) is 9.48. The van der Waals surface area contributed by atoms with Crippen LogP contribution in [0.4, 0.5) is 20.4 Å². The molecule has 17 nitrogen and oxygen atoms in total. The van der Waals surface area contributed by atoms with Crippen LogP contribution >= 0.6 is 0 Å². The molecule has 2 amide bonds. The van der Waals surface area contributed by atoms with Crippen molar-refractivity contribution in [3.05, 3.63) is 140 Å². The highest BCUT2D eigenvalue weighted by Gasteiger charge is 2.68. The van der Waals surface area contributed by atoms with E-state index >= 15 is 8.78 Å². The van der Waals surface area contributed by atoms with E-state index in [-0.39, 0.29) is 28.3 Å². The molecule has 0 aliphatic carbocycles. The van der Waals surface area contributed by atoms with Gasteiger partial charge in [-0.1, -0.05) is 36.4 Å². The van der Waals surface area contributed by atoms with Crippen LogP contribution in [0.3, 0.4) is 0 Å². The molecule has 3 N–H and O–H groups in total. The maximum atomic E-state index is 17.8. The van der Waals surface area contributed by atoms with Crippen LogP contribution in [0.2, 0.25) is 0 Å². The van der Waals surface area contributed by atoms with Crippen LogP contribution in [0.25, 0.3) is 5.69 Å². The molecule has 6 rings (SSSR count). The minimum absolute atomic E-state index is 0.152. The lowest BCUT2D eigenvalue weighted by molar-refractivity contribution is -0.174. The Morgan fingerprint density at radius 3 is 2.05 bits per heavy atom. The molecule has 3 aromatic carbocycles. The van der Waals surface area contributed by atoms with Crippen LogP contribution in [-0.2, 0) is 23.8 Å². The van der Waals surface area contributed by atoms with Crippen LogP contribution < -0.4 is 26.7 Å². The van der Waals surface area contributed by atoms with E-state index in [1.807, 2.05) is 0 Å². The van der Waals surface area contributed by atoms with E-state index in [2.05, 4.69) is 25.6 Å². The molecule has 0 unspecified atom stereocenters. The lowest BCUT2D eigenvalue weighted by Crippen LogP contribution is -2.51. The highest BCUT2D eigenvalue weighted by molar-refractivity contribution is 6.04. The molecule has 59 heavy (non-hydrogen) atoms. The summed E-state index contributed by atoms with van der Waals surface area (Å²) in [5.74, 6) is -7.89. The van der Waals surface area contributed by atoms with Gasteiger partial charge in [0.25, 0.3) is 11.8 Å². The van der Waals surface area contributed by atoms with Crippen molar-refractivity contribution >= 4 is 41.4 Å². The number of carbonyl (C=O) groups excluding carboxylic acids is 5. The van der Waals surface area contributed by atoms with Crippen LogP contribution in [0.5, 0.6) is 5.75 Å². The molecule has 1 aliphatic heterocycles. The number of amides is 2. The van der Waals surface area contributed by atoms with Crippen LogP contribution in [-0.4, -0.2) is 67.6 Å². The predicted octanol–water partition coefficient (Wildman–Crippen LogP) is 4.53. The molecule has 19 heteroatoms. The summed E-state index contributed by atoms with van der Waals surface area (Å²) in [6.07, 6.45) is -2.06. The average molecular weight is 813 g/mol. The summed E-state index contributed by atoms with van der Waals surface area (Å²) in [5, 5.41) is 4.94. The zero-order valence-corrected chi connectivity index (χ0v) is 31.8. The number of hydrogen-bond donors (Lipinski definition) is 3. The molecule has 4 atom stereocenters. The molecule has 1 saturated heterocycles. The molecular formula is C40H34F2N6O11. The van der Waals surface area contributed by atoms with Crippen molar-refractivity contribution < 1.29 is 51.7 Å². The van der Waals surface area contributed by atoms with Crippen molar-refractivity contribution in [2.24, 2.45) is 0 Å². The molecular weight excluding hydrogens is 778 g/mol. The van der Waals surface area contributed by atoms with Crippen molar-refractivity contribution in [2.45, 2.75) is 51.2 Å². The Kier molecular flexibility index (Phi) is 11.3. The first-order valence-corrected chi connectivity index (χ1v) is 17.6. The quantitative estimate of drug-likeness (QED) is 0.130. The van der Waals surface area contributed by atoms with Gasteiger partial charge >= 0.3 is 29.3 Å². The van der Waals surface area contributed by atoms with E-state index in [9.17, 15) is 33.6 Å². The van der Waals surface area contributed by atoms with Gasteiger partial charge in [-0.3, -0.25) is 28.7 Å². The molecule has 2 aromatic heterocycles. The monoisotopic (exact) mass is 812 g/mol. The fraction of sp³-hybridized carbons (Fsp3) is 0.225. The van der Waals surface area contributed by atoms with Gasteiger partial charge in [0.2, 0.25) is 0 Å². The number of halogens is 2. The third kappa shape index (κ3) is 7.95.